The molecule has 0 spiro atoms. The molecule has 22 heteroatoms. The smallest absolute Gasteiger partial charge is 0.254 e. The monoisotopic (exact) mass is 966 g/mol. The topological polar surface area (TPSA) is 255 Å². The molecule has 5 N–H and O–H groups in total. The number of carbonyl (C=O) groups is 2. The highest BCUT2D eigenvalue weighted by Gasteiger charge is 2.25. The second kappa shape index (κ2) is 22.7. The van der Waals surface area contributed by atoms with Crippen molar-refractivity contribution in [2.24, 2.45) is 0 Å². The van der Waals surface area contributed by atoms with E-state index in [1.165, 1.54) is 17.5 Å². The van der Waals surface area contributed by atoms with E-state index >= 15 is 0 Å². The van der Waals surface area contributed by atoms with E-state index in [1.54, 1.807) is 18.6 Å². The van der Waals surface area contributed by atoms with E-state index in [-0.39, 0.29) is 11.8 Å². The molecule has 71 heavy (non-hydrogen) atoms. The normalized spacial score (nSPS) is 14.8. The summed E-state index contributed by atoms with van der Waals surface area (Å²) in [6, 6.07) is 10.4. The Hall–Kier alpha value is -7.24. The second-order valence-corrected chi connectivity index (χ2v) is 17.5. The zero-order valence-electron chi connectivity index (χ0n) is 39.6. The van der Waals surface area contributed by atoms with Crippen LogP contribution >= 0.6 is 0 Å². The highest BCUT2D eigenvalue weighted by Crippen LogP contribution is 2.32. The summed E-state index contributed by atoms with van der Waals surface area (Å²) in [4.78, 5) is 66.7. The molecule has 7 aromatic rings. The summed E-state index contributed by atoms with van der Waals surface area (Å²) in [6.45, 7) is 9.90. The van der Waals surface area contributed by atoms with Gasteiger partial charge in [-0.3, -0.25) is 9.59 Å². The lowest BCUT2D eigenvalue weighted by Crippen LogP contribution is -2.48. The van der Waals surface area contributed by atoms with Gasteiger partial charge in [0, 0.05) is 113 Å². The van der Waals surface area contributed by atoms with E-state index in [1.807, 2.05) is 34.1 Å². The predicted molar refractivity (Wildman–Crippen MR) is 264 cm³/mol. The third kappa shape index (κ3) is 11.5. The fourth-order valence-electron chi connectivity index (χ4n) is 9.01. The summed E-state index contributed by atoms with van der Waals surface area (Å²) in [7, 11) is 0. The Labute approximate surface area is 409 Å². The lowest BCUT2D eigenvalue weighted by atomic mass is 9.97. The number of benzene rings is 1. The number of aromatic amines is 1. The number of nitrogens with two attached hydrogens (primary N) is 1. The first-order chi connectivity index (χ1) is 34.9. The minimum atomic E-state index is -0.256. The molecular weight excluding hydrogens is 909 g/mol. The first kappa shape index (κ1) is 47.4. The van der Waals surface area contributed by atoms with E-state index < -0.39 is 0 Å². The minimum absolute atomic E-state index is 0.0654. The number of hydrogen-bond acceptors (Lipinski definition) is 18. The van der Waals surface area contributed by atoms with Gasteiger partial charge in [-0.25, -0.2) is 39.6 Å². The maximum Gasteiger partial charge on any atom is 0.254 e. The molecule has 0 unspecified atom stereocenters. The fraction of sp³-hybridized carbons (Fsp3) is 0.429. The number of nitrogen functional groups attached to an aromatic ring is 1. The van der Waals surface area contributed by atoms with Gasteiger partial charge < -0.3 is 55.0 Å². The molecule has 2 amide bonds. The lowest BCUT2D eigenvalue weighted by Gasteiger charge is -2.35. The highest BCUT2D eigenvalue weighted by molar-refractivity contribution is 5.99. The Morgan fingerprint density at radius 3 is 2.28 bits per heavy atom. The average Bonchev–Trinajstić information content (AvgIpc) is 4.04. The summed E-state index contributed by atoms with van der Waals surface area (Å²) in [5.41, 5.74) is 15.5. The third-order valence-electron chi connectivity index (χ3n) is 12.8. The van der Waals surface area contributed by atoms with Gasteiger partial charge >= 0.3 is 0 Å². The Morgan fingerprint density at radius 1 is 0.732 bits per heavy atom. The molecular formula is C49H58N16O6. The van der Waals surface area contributed by atoms with Gasteiger partial charge in [-0.15, -0.1) is 0 Å². The molecule has 22 nitrogen and oxygen atoms in total. The molecule has 370 valence electrons. The van der Waals surface area contributed by atoms with Gasteiger partial charge in [-0.05, 0) is 35.2 Å². The van der Waals surface area contributed by atoms with E-state index in [2.05, 4.69) is 73.5 Å². The number of anilines is 3. The van der Waals surface area contributed by atoms with Crippen LogP contribution in [0.3, 0.4) is 0 Å². The van der Waals surface area contributed by atoms with Crippen molar-refractivity contribution in [1.29, 1.82) is 0 Å². The molecule has 1 aromatic carbocycles. The maximum absolute atomic E-state index is 13.1. The standard InChI is InChI=1S/C49H58N16O6/c50-44-42-43(37-24-35-3-8-52-45(35)54-26-37)61-65(46(42)59-32-58-44)30-33-1-2-36-31-64(10-5-34(36)23-33)41(66)6-15-68-17-19-70-21-22-71-20-18-69-16-9-53-47(67)39-28-55-48(56-29-39)62-11-13-63(14-12-62)49-57-27-38-25-51-7-4-40(38)60-49/h1-3,8,23-24,26-29,32,51H,4-7,9-22,25,30-31H2,(H,52,54)(H,53,67)(H2,50,58,59). The molecule has 0 saturated carbocycles. The zero-order valence-corrected chi connectivity index (χ0v) is 39.6. The SMILES string of the molecule is Nc1ncnc2c1c(-c1cnc3[nH]ccc3c1)nn2Cc1ccc2c(c1)CCN(C(=O)CCOCCOCCOCCOCCNC(=O)c1cnc(N3CCN(c4ncc5c(n4)CCNC5)CC3)nc1)C2. The van der Waals surface area contributed by atoms with Crippen LogP contribution in [0.4, 0.5) is 17.7 Å². The number of nitrogens with one attached hydrogen (secondary N) is 3. The van der Waals surface area contributed by atoms with Gasteiger partial charge in [-0.2, -0.15) is 5.10 Å². The van der Waals surface area contributed by atoms with Crippen LogP contribution in [0.25, 0.3) is 33.3 Å². The average molecular weight is 967 g/mol. The molecule has 0 radical (unpaired) electrons. The molecule has 0 aliphatic carbocycles. The van der Waals surface area contributed by atoms with Crippen LogP contribution in [0.2, 0.25) is 0 Å². The summed E-state index contributed by atoms with van der Waals surface area (Å²) < 4.78 is 24.4. The number of nitrogens with zero attached hydrogens (tertiary/aromatic N) is 12. The summed E-state index contributed by atoms with van der Waals surface area (Å²) in [5.74, 6) is 1.55. The number of aromatic nitrogens is 10. The minimum Gasteiger partial charge on any atom is -0.383 e. The summed E-state index contributed by atoms with van der Waals surface area (Å²) in [6.07, 6.45) is 12.1. The fourth-order valence-corrected chi connectivity index (χ4v) is 9.01. The Morgan fingerprint density at radius 2 is 1.48 bits per heavy atom. The number of fused-ring (bicyclic) bond motifs is 4. The lowest BCUT2D eigenvalue weighted by molar-refractivity contribution is -0.133. The number of pyridine rings is 1. The number of ether oxygens (including phenoxy) is 4. The van der Waals surface area contributed by atoms with Gasteiger partial charge in [0.25, 0.3) is 5.91 Å². The first-order valence-electron chi connectivity index (χ1n) is 24.2. The van der Waals surface area contributed by atoms with Crippen LogP contribution in [0.1, 0.15) is 44.7 Å². The van der Waals surface area contributed by atoms with Crippen molar-refractivity contribution < 1.29 is 28.5 Å². The maximum atomic E-state index is 13.1. The summed E-state index contributed by atoms with van der Waals surface area (Å²) in [5, 5.41) is 12.8. The van der Waals surface area contributed by atoms with Crippen LogP contribution in [0.5, 0.6) is 0 Å². The van der Waals surface area contributed by atoms with Gasteiger partial charge in [0.05, 0.1) is 82.5 Å². The predicted octanol–water partition coefficient (Wildman–Crippen LogP) is 2.32. The largest absolute Gasteiger partial charge is 0.383 e. The zero-order chi connectivity index (χ0) is 48.4. The molecule has 0 bridgehead atoms. The molecule has 9 heterocycles. The van der Waals surface area contributed by atoms with Crippen molar-refractivity contribution in [3.8, 4) is 11.3 Å². The van der Waals surface area contributed by atoms with Crippen LogP contribution < -0.4 is 26.2 Å². The molecule has 10 rings (SSSR count). The molecule has 3 aliphatic rings. The Balaban J connectivity index is 0.549. The van der Waals surface area contributed by atoms with Gasteiger partial charge in [0.2, 0.25) is 17.8 Å². The number of carbonyl (C=O) groups excluding carboxylic acids is 2. The first-order valence-corrected chi connectivity index (χ1v) is 24.2. The third-order valence-corrected chi connectivity index (χ3v) is 12.8. The number of hydrogen-bond donors (Lipinski definition) is 4. The van der Waals surface area contributed by atoms with Crippen molar-refractivity contribution >= 4 is 51.6 Å². The van der Waals surface area contributed by atoms with Gasteiger partial charge in [-0.1, -0.05) is 18.2 Å². The number of piperazine rings is 1. The van der Waals surface area contributed by atoms with Crippen molar-refractivity contribution in [3.63, 3.8) is 0 Å². The number of H-pyrrole nitrogens is 1. The molecule has 1 saturated heterocycles. The van der Waals surface area contributed by atoms with E-state index in [9.17, 15) is 9.59 Å². The van der Waals surface area contributed by atoms with Crippen LogP contribution in [0, 0.1) is 0 Å². The molecule has 6 aromatic heterocycles. The number of rotatable bonds is 21. The number of amides is 2. The van der Waals surface area contributed by atoms with Crippen molar-refractivity contribution in [3.05, 3.63) is 101 Å². The van der Waals surface area contributed by atoms with Gasteiger partial charge in [0.15, 0.2) is 5.65 Å². The summed E-state index contributed by atoms with van der Waals surface area (Å²) >= 11 is 0. The van der Waals surface area contributed by atoms with E-state index in [0.29, 0.717) is 120 Å². The van der Waals surface area contributed by atoms with Crippen molar-refractivity contribution in [2.45, 2.75) is 38.9 Å². The second-order valence-electron chi connectivity index (χ2n) is 17.5. The van der Waals surface area contributed by atoms with E-state index in [4.69, 9.17) is 34.8 Å². The Bertz CT molecular complexity index is 2940. The van der Waals surface area contributed by atoms with Gasteiger partial charge in [0.1, 0.15) is 23.5 Å². The van der Waals surface area contributed by atoms with Crippen molar-refractivity contribution in [2.75, 3.05) is 114 Å². The van der Waals surface area contributed by atoms with Crippen LogP contribution in [-0.2, 0) is 56.2 Å². The quantitative estimate of drug-likeness (QED) is 0.0754. The highest BCUT2D eigenvalue weighted by atomic mass is 16.6. The molecule has 0 atom stereocenters. The Kier molecular flexibility index (Phi) is 15.1. The molecule has 1 fully saturated rings. The van der Waals surface area contributed by atoms with Crippen molar-refractivity contribution in [1.82, 2.24) is 65.2 Å². The van der Waals surface area contributed by atoms with Crippen LogP contribution in [-0.4, -0.2) is 165 Å². The van der Waals surface area contributed by atoms with E-state index in [0.717, 1.165) is 91.5 Å². The molecule has 3 aliphatic heterocycles. The van der Waals surface area contributed by atoms with Crippen LogP contribution in [0.15, 0.2) is 67.6 Å².